The molecule has 0 saturated heterocycles. The summed E-state index contributed by atoms with van der Waals surface area (Å²) < 4.78 is 5.29. The smallest absolute Gasteiger partial charge is 0.0560 e. The van der Waals surface area contributed by atoms with Crippen molar-refractivity contribution in [2.75, 3.05) is 13.7 Å². The maximum atomic E-state index is 6.21. The number of hydrogen-bond acceptors (Lipinski definition) is 2. The number of rotatable bonds is 3. The summed E-state index contributed by atoms with van der Waals surface area (Å²) in [6.45, 7) is 0.699. The average Bonchev–Trinajstić information content (AvgIpc) is 2.16. The monoisotopic (exact) mass is 225 g/mol. The minimum Gasteiger partial charge on any atom is -0.384 e. The molecule has 1 aromatic rings. The van der Waals surface area contributed by atoms with Crippen molar-refractivity contribution in [3.63, 3.8) is 0 Å². The van der Waals surface area contributed by atoms with Crippen molar-refractivity contribution in [3.8, 4) is 0 Å². The first kappa shape index (κ1) is 10.9. The first-order chi connectivity index (χ1) is 7.18. The SMILES string of the molecule is COCC1(c2ccccc2Cl)CC(N)C1. The highest BCUT2D eigenvalue weighted by Crippen LogP contribution is 2.45. The Bertz CT molecular complexity index is 342. The Labute approximate surface area is 95.4 Å². The lowest BCUT2D eigenvalue weighted by Gasteiger charge is -2.46. The second-order valence-electron chi connectivity index (χ2n) is 4.36. The Morgan fingerprint density at radius 2 is 2.13 bits per heavy atom. The summed E-state index contributed by atoms with van der Waals surface area (Å²) in [5.74, 6) is 0. The summed E-state index contributed by atoms with van der Waals surface area (Å²) in [4.78, 5) is 0. The van der Waals surface area contributed by atoms with Crippen LogP contribution in [0.3, 0.4) is 0 Å². The number of ether oxygens (including phenoxy) is 1. The third kappa shape index (κ3) is 1.89. The van der Waals surface area contributed by atoms with Gasteiger partial charge in [-0.1, -0.05) is 29.8 Å². The van der Waals surface area contributed by atoms with E-state index < -0.39 is 0 Å². The van der Waals surface area contributed by atoms with Gasteiger partial charge in [-0.3, -0.25) is 0 Å². The molecule has 1 aliphatic carbocycles. The molecule has 0 radical (unpaired) electrons. The average molecular weight is 226 g/mol. The molecule has 0 atom stereocenters. The van der Waals surface area contributed by atoms with E-state index in [-0.39, 0.29) is 11.5 Å². The van der Waals surface area contributed by atoms with Gasteiger partial charge in [-0.05, 0) is 24.5 Å². The standard InChI is InChI=1S/C12H16ClNO/c1-15-8-12(6-9(14)7-12)10-4-2-3-5-11(10)13/h2-5,9H,6-8,14H2,1H3. The van der Waals surface area contributed by atoms with Gasteiger partial charge >= 0.3 is 0 Å². The number of halogens is 1. The molecule has 82 valence electrons. The van der Waals surface area contributed by atoms with E-state index in [4.69, 9.17) is 22.1 Å². The van der Waals surface area contributed by atoms with Crippen molar-refractivity contribution >= 4 is 11.6 Å². The maximum absolute atomic E-state index is 6.21. The molecule has 3 heteroatoms. The van der Waals surface area contributed by atoms with E-state index in [9.17, 15) is 0 Å². The lowest BCUT2D eigenvalue weighted by atomic mass is 9.62. The Morgan fingerprint density at radius 1 is 1.47 bits per heavy atom. The lowest BCUT2D eigenvalue weighted by Crippen LogP contribution is -2.52. The van der Waals surface area contributed by atoms with E-state index in [0.29, 0.717) is 6.61 Å². The second-order valence-corrected chi connectivity index (χ2v) is 4.77. The highest BCUT2D eigenvalue weighted by Gasteiger charge is 2.44. The van der Waals surface area contributed by atoms with Crippen LogP contribution < -0.4 is 5.73 Å². The van der Waals surface area contributed by atoms with Gasteiger partial charge in [0.25, 0.3) is 0 Å². The third-order valence-corrected chi connectivity index (χ3v) is 3.50. The van der Waals surface area contributed by atoms with Crippen LogP contribution in [0.25, 0.3) is 0 Å². The van der Waals surface area contributed by atoms with Crippen molar-refractivity contribution in [1.82, 2.24) is 0 Å². The highest BCUT2D eigenvalue weighted by molar-refractivity contribution is 6.31. The molecule has 0 amide bonds. The normalized spacial score (nSPS) is 29.9. The van der Waals surface area contributed by atoms with Crippen LogP contribution in [0, 0.1) is 0 Å². The molecule has 2 rings (SSSR count). The van der Waals surface area contributed by atoms with Crippen molar-refractivity contribution in [2.24, 2.45) is 5.73 Å². The van der Waals surface area contributed by atoms with Gasteiger partial charge in [0.15, 0.2) is 0 Å². The molecule has 1 fully saturated rings. The molecule has 1 saturated carbocycles. The van der Waals surface area contributed by atoms with E-state index in [1.807, 2.05) is 18.2 Å². The molecule has 0 heterocycles. The minimum atomic E-state index is 0.0481. The summed E-state index contributed by atoms with van der Waals surface area (Å²) in [6.07, 6.45) is 1.93. The van der Waals surface area contributed by atoms with Gasteiger partial charge < -0.3 is 10.5 Å². The van der Waals surface area contributed by atoms with E-state index >= 15 is 0 Å². The van der Waals surface area contributed by atoms with Crippen molar-refractivity contribution in [2.45, 2.75) is 24.3 Å². The summed E-state index contributed by atoms with van der Waals surface area (Å²) in [5, 5.41) is 0.821. The zero-order valence-corrected chi connectivity index (χ0v) is 9.63. The quantitative estimate of drug-likeness (QED) is 0.857. The number of hydrogen-bond donors (Lipinski definition) is 1. The van der Waals surface area contributed by atoms with Gasteiger partial charge in [-0.15, -0.1) is 0 Å². The van der Waals surface area contributed by atoms with Crippen LogP contribution in [0.15, 0.2) is 24.3 Å². The second kappa shape index (κ2) is 4.12. The molecule has 0 bridgehead atoms. The molecule has 2 nitrogen and oxygen atoms in total. The molecular weight excluding hydrogens is 210 g/mol. The van der Waals surface area contributed by atoms with E-state index in [0.717, 1.165) is 17.9 Å². The predicted octanol–water partition coefficient (Wildman–Crippen LogP) is 2.35. The Balaban J connectivity index is 2.30. The molecule has 0 aromatic heterocycles. The fourth-order valence-electron chi connectivity index (χ4n) is 2.53. The van der Waals surface area contributed by atoms with Crippen LogP contribution in [-0.2, 0) is 10.2 Å². The van der Waals surface area contributed by atoms with Crippen LogP contribution in [0.1, 0.15) is 18.4 Å². The zero-order chi connectivity index (χ0) is 10.9. The van der Waals surface area contributed by atoms with Crippen LogP contribution in [0.5, 0.6) is 0 Å². The molecule has 0 unspecified atom stereocenters. The summed E-state index contributed by atoms with van der Waals surface area (Å²) >= 11 is 6.21. The first-order valence-electron chi connectivity index (χ1n) is 5.17. The van der Waals surface area contributed by atoms with Crippen LogP contribution in [0.2, 0.25) is 5.02 Å². The van der Waals surface area contributed by atoms with Crippen LogP contribution in [0.4, 0.5) is 0 Å². The predicted molar refractivity (Wildman–Crippen MR) is 62.2 cm³/mol. The zero-order valence-electron chi connectivity index (χ0n) is 8.87. The maximum Gasteiger partial charge on any atom is 0.0560 e. The number of benzene rings is 1. The molecule has 0 spiro atoms. The van der Waals surface area contributed by atoms with Gasteiger partial charge in [0.05, 0.1) is 6.61 Å². The topological polar surface area (TPSA) is 35.2 Å². The van der Waals surface area contributed by atoms with Gasteiger partial charge in [0, 0.05) is 23.6 Å². The lowest BCUT2D eigenvalue weighted by molar-refractivity contribution is 0.0662. The van der Waals surface area contributed by atoms with Crippen LogP contribution in [-0.4, -0.2) is 19.8 Å². The molecule has 1 aromatic carbocycles. The van der Waals surface area contributed by atoms with Crippen molar-refractivity contribution in [3.05, 3.63) is 34.9 Å². The van der Waals surface area contributed by atoms with Crippen LogP contribution >= 0.6 is 11.6 Å². The van der Waals surface area contributed by atoms with E-state index in [1.54, 1.807) is 7.11 Å². The molecule has 0 aliphatic heterocycles. The largest absolute Gasteiger partial charge is 0.384 e. The summed E-state index contributed by atoms with van der Waals surface area (Å²) in [5.41, 5.74) is 7.10. The van der Waals surface area contributed by atoms with Gasteiger partial charge in [0.2, 0.25) is 0 Å². The Kier molecular flexibility index (Phi) is 3.01. The number of methoxy groups -OCH3 is 1. The van der Waals surface area contributed by atoms with Gasteiger partial charge in [-0.25, -0.2) is 0 Å². The molecular formula is C12H16ClNO. The van der Waals surface area contributed by atoms with Gasteiger partial charge in [-0.2, -0.15) is 0 Å². The highest BCUT2D eigenvalue weighted by atomic mass is 35.5. The summed E-state index contributed by atoms with van der Waals surface area (Å²) in [6, 6.07) is 8.26. The van der Waals surface area contributed by atoms with Crippen molar-refractivity contribution in [1.29, 1.82) is 0 Å². The first-order valence-corrected chi connectivity index (χ1v) is 5.55. The minimum absolute atomic E-state index is 0.0481. The van der Waals surface area contributed by atoms with Crippen molar-refractivity contribution < 1.29 is 4.74 Å². The fourth-order valence-corrected chi connectivity index (χ4v) is 2.86. The Morgan fingerprint density at radius 3 is 2.67 bits per heavy atom. The number of nitrogens with two attached hydrogens (primary N) is 1. The molecule has 15 heavy (non-hydrogen) atoms. The fraction of sp³-hybridized carbons (Fsp3) is 0.500. The molecule has 1 aliphatic rings. The van der Waals surface area contributed by atoms with Gasteiger partial charge in [0.1, 0.15) is 0 Å². The molecule has 2 N–H and O–H groups in total. The van der Waals surface area contributed by atoms with E-state index in [1.165, 1.54) is 5.56 Å². The van der Waals surface area contributed by atoms with E-state index in [2.05, 4.69) is 6.07 Å². The third-order valence-electron chi connectivity index (χ3n) is 3.17. The Hall–Kier alpha value is -0.570. The summed E-state index contributed by atoms with van der Waals surface area (Å²) in [7, 11) is 1.72.